The Morgan fingerprint density at radius 2 is 2.22 bits per heavy atom. The van der Waals surface area contributed by atoms with Crippen LogP contribution in [-0.4, -0.2) is 30.9 Å². The zero-order valence-corrected chi connectivity index (χ0v) is 11.1. The van der Waals surface area contributed by atoms with Crippen LogP contribution in [0.1, 0.15) is 5.01 Å². The molecule has 0 aliphatic carbocycles. The van der Waals surface area contributed by atoms with Gasteiger partial charge in [0.2, 0.25) is 0 Å². The number of methoxy groups -OCH3 is 1. The van der Waals surface area contributed by atoms with E-state index in [4.69, 9.17) is 4.74 Å². The summed E-state index contributed by atoms with van der Waals surface area (Å²) in [5, 5.41) is 12.6. The van der Waals surface area contributed by atoms with Gasteiger partial charge in [0.15, 0.2) is 5.01 Å². The predicted octanol–water partition coefficient (Wildman–Crippen LogP) is 2.11. The third kappa shape index (κ3) is 2.83. The van der Waals surface area contributed by atoms with Crippen molar-refractivity contribution in [3.63, 3.8) is 0 Å². The van der Waals surface area contributed by atoms with Gasteiger partial charge < -0.3 is 10.1 Å². The molecule has 0 fully saturated rings. The molecule has 0 saturated carbocycles. The number of nitrogens with one attached hydrogen (secondary N) is 1. The van der Waals surface area contributed by atoms with Gasteiger partial charge >= 0.3 is 0 Å². The Kier molecular flexibility index (Phi) is 4.22. The van der Waals surface area contributed by atoms with Gasteiger partial charge in [-0.3, -0.25) is 0 Å². The fourth-order valence-corrected chi connectivity index (χ4v) is 2.36. The zero-order valence-electron chi connectivity index (χ0n) is 10.2. The lowest BCUT2D eigenvalue weighted by atomic mass is 10.2. The van der Waals surface area contributed by atoms with Crippen LogP contribution in [0.3, 0.4) is 0 Å². The highest BCUT2D eigenvalue weighted by molar-refractivity contribution is 7.14. The minimum absolute atomic E-state index is 0.342. The number of likely N-dealkylation sites (N-methyl/N-ethyl adjacent to an activating group) is 1. The molecule has 96 valence electrons. The van der Waals surface area contributed by atoms with Gasteiger partial charge in [-0.1, -0.05) is 11.3 Å². The van der Waals surface area contributed by atoms with Gasteiger partial charge in [0, 0.05) is 24.6 Å². The van der Waals surface area contributed by atoms with Crippen molar-refractivity contribution in [2.24, 2.45) is 0 Å². The number of rotatable bonds is 5. The van der Waals surface area contributed by atoms with Crippen molar-refractivity contribution in [1.82, 2.24) is 15.5 Å². The van der Waals surface area contributed by atoms with E-state index in [0.29, 0.717) is 16.3 Å². The highest BCUT2D eigenvalue weighted by atomic mass is 32.1. The van der Waals surface area contributed by atoms with Crippen LogP contribution in [0.4, 0.5) is 4.39 Å². The molecule has 1 N–H and O–H groups in total. The average molecular weight is 267 g/mol. The van der Waals surface area contributed by atoms with E-state index in [0.717, 1.165) is 18.0 Å². The number of nitrogens with zero attached hydrogens (tertiary/aromatic N) is 2. The predicted molar refractivity (Wildman–Crippen MR) is 69.5 cm³/mol. The fourth-order valence-electron chi connectivity index (χ4n) is 1.49. The van der Waals surface area contributed by atoms with Crippen LogP contribution in [0.5, 0.6) is 5.75 Å². The normalized spacial score (nSPS) is 10.6. The molecule has 6 heteroatoms. The maximum absolute atomic E-state index is 13.8. The molecule has 4 nitrogen and oxygen atoms in total. The molecule has 0 saturated heterocycles. The van der Waals surface area contributed by atoms with Crippen molar-refractivity contribution in [2.45, 2.75) is 6.42 Å². The fraction of sp³-hybridized carbons (Fsp3) is 0.333. The molecule has 2 aromatic rings. The Labute approximate surface area is 109 Å². The smallest absolute Gasteiger partial charge is 0.150 e. The first-order chi connectivity index (χ1) is 8.74. The minimum atomic E-state index is -0.342. The summed E-state index contributed by atoms with van der Waals surface area (Å²) >= 11 is 1.41. The van der Waals surface area contributed by atoms with E-state index < -0.39 is 0 Å². The Morgan fingerprint density at radius 1 is 1.39 bits per heavy atom. The standard InChI is InChI=1S/C12H14FN3OS/c1-14-6-5-11-15-16-12(18-11)9-4-3-8(17-2)7-10(9)13/h3-4,7,14H,5-6H2,1-2H3. The van der Waals surface area contributed by atoms with Crippen molar-refractivity contribution >= 4 is 11.3 Å². The Balaban J connectivity index is 2.23. The summed E-state index contributed by atoms with van der Waals surface area (Å²) in [7, 11) is 3.39. The summed E-state index contributed by atoms with van der Waals surface area (Å²) in [6.07, 6.45) is 0.798. The summed E-state index contributed by atoms with van der Waals surface area (Å²) in [5.74, 6) is 0.154. The van der Waals surface area contributed by atoms with Gasteiger partial charge in [0.25, 0.3) is 0 Å². The van der Waals surface area contributed by atoms with E-state index in [1.54, 1.807) is 12.1 Å². The number of benzene rings is 1. The Morgan fingerprint density at radius 3 is 2.89 bits per heavy atom. The molecular formula is C12H14FN3OS. The second kappa shape index (κ2) is 5.88. The van der Waals surface area contributed by atoms with Crippen molar-refractivity contribution in [3.8, 4) is 16.3 Å². The van der Waals surface area contributed by atoms with Crippen LogP contribution in [0.25, 0.3) is 10.6 Å². The Bertz CT molecular complexity index is 530. The highest BCUT2D eigenvalue weighted by Gasteiger charge is 2.11. The maximum Gasteiger partial charge on any atom is 0.150 e. The largest absolute Gasteiger partial charge is 0.497 e. The van der Waals surface area contributed by atoms with E-state index in [9.17, 15) is 4.39 Å². The molecule has 0 spiro atoms. The summed E-state index contributed by atoms with van der Waals surface area (Å²) < 4.78 is 18.8. The van der Waals surface area contributed by atoms with E-state index >= 15 is 0 Å². The first-order valence-electron chi connectivity index (χ1n) is 5.55. The molecule has 0 radical (unpaired) electrons. The molecule has 18 heavy (non-hydrogen) atoms. The van der Waals surface area contributed by atoms with Crippen LogP contribution in [0.15, 0.2) is 18.2 Å². The lowest BCUT2D eigenvalue weighted by Gasteiger charge is -2.02. The minimum Gasteiger partial charge on any atom is -0.497 e. The summed E-state index contributed by atoms with van der Waals surface area (Å²) in [6, 6.07) is 4.73. The van der Waals surface area contributed by atoms with Gasteiger partial charge in [0.05, 0.1) is 7.11 Å². The number of halogens is 1. The molecule has 2 rings (SSSR count). The molecule has 1 aromatic carbocycles. The molecule has 0 bridgehead atoms. The molecule has 0 aliphatic heterocycles. The lowest BCUT2D eigenvalue weighted by Crippen LogP contribution is -2.09. The molecular weight excluding hydrogens is 253 g/mol. The monoisotopic (exact) mass is 267 g/mol. The average Bonchev–Trinajstić information content (AvgIpc) is 2.84. The van der Waals surface area contributed by atoms with Crippen LogP contribution in [0, 0.1) is 5.82 Å². The summed E-state index contributed by atoms with van der Waals surface area (Å²) in [4.78, 5) is 0. The SMILES string of the molecule is CNCCc1nnc(-c2ccc(OC)cc2F)s1. The van der Waals surface area contributed by atoms with E-state index in [2.05, 4.69) is 15.5 Å². The van der Waals surface area contributed by atoms with Crippen molar-refractivity contribution < 1.29 is 9.13 Å². The Hall–Kier alpha value is -1.53. The number of ether oxygens (including phenoxy) is 1. The lowest BCUT2D eigenvalue weighted by molar-refractivity contribution is 0.411. The second-order valence-corrected chi connectivity index (χ2v) is 4.76. The van der Waals surface area contributed by atoms with Crippen LogP contribution < -0.4 is 10.1 Å². The van der Waals surface area contributed by atoms with Crippen LogP contribution in [-0.2, 0) is 6.42 Å². The molecule has 0 unspecified atom stereocenters. The first kappa shape index (κ1) is 12.9. The summed E-state index contributed by atoms with van der Waals surface area (Å²) in [5.41, 5.74) is 0.462. The molecule has 0 atom stereocenters. The van der Waals surface area contributed by atoms with Crippen molar-refractivity contribution in [1.29, 1.82) is 0 Å². The number of aromatic nitrogens is 2. The third-order valence-corrected chi connectivity index (χ3v) is 3.48. The molecule has 1 heterocycles. The third-order valence-electron chi connectivity index (χ3n) is 2.46. The van der Waals surface area contributed by atoms with Crippen molar-refractivity contribution in [3.05, 3.63) is 29.0 Å². The number of hydrogen-bond donors (Lipinski definition) is 1. The second-order valence-electron chi connectivity index (χ2n) is 3.70. The highest BCUT2D eigenvalue weighted by Crippen LogP contribution is 2.28. The van der Waals surface area contributed by atoms with Gasteiger partial charge in [0.1, 0.15) is 16.6 Å². The quantitative estimate of drug-likeness (QED) is 0.901. The maximum atomic E-state index is 13.8. The molecule has 0 amide bonds. The van der Waals surface area contributed by atoms with E-state index in [-0.39, 0.29) is 5.82 Å². The first-order valence-corrected chi connectivity index (χ1v) is 6.37. The number of hydrogen-bond acceptors (Lipinski definition) is 5. The zero-order chi connectivity index (χ0) is 13.0. The van der Waals surface area contributed by atoms with E-state index in [1.807, 2.05) is 7.05 Å². The molecule has 1 aromatic heterocycles. The van der Waals surface area contributed by atoms with Crippen molar-refractivity contribution in [2.75, 3.05) is 20.7 Å². The summed E-state index contributed by atoms with van der Waals surface area (Å²) in [6.45, 7) is 0.833. The van der Waals surface area contributed by atoms with Crippen LogP contribution in [0.2, 0.25) is 0 Å². The molecule has 0 aliphatic rings. The van der Waals surface area contributed by atoms with Crippen LogP contribution >= 0.6 is 11.3 Å². The van der Waals surface area contributed by atoms with E-state index in [1.165, 1.54) is 24.5 Å². The van der Waals surface area contributed by atoms with Gasteiger partial charge in [-0.05, 0) is 19.2 Å². The van der Waals surface area contributed by atoms with Gasteiger partial charge in [-0.15, -0.1) is 10.2 Å². The topological polar surface area (TPSA) is 47.0 Å². The van der Waals surface area contributed by atoms with Gasteiger partial charge in [-0.2, -0.15) is 0 Å². The van der Waals surface area contributed by atoms with Gasteiger partial charge in [-0.25, -0.2) is 4.39 Å².